The molecule has 4 rings (SSSR count). The molecular formula is C44H54N4S2. The minimum Gasteiger partial charge on any atom is -0.226 e. The van der Waals surface area contributed by atoms with Gasteiger partial charge in [-0.15, -0.1) is 22.7 Å². The Kier molecular flexibility index (Phi) is 16.8. The fourth-order valence-electron chi connectivity index (χ4n) is 7.16. The topological polar surface area (TPSA) is 56.3 Å². The van der Waals surface area contributed by atoms with E-state index in [1.165, 1.54) is 125 Å². The molecule has 4 aromatic rings. The fraction of sp³-hybridized carbons (Fsp3) is 0.545. The van der Waals surface area contributed by atoms with Crippen molar-refractivity contribution < 1.29 is 0 Å². The van der Waals surface area contributed by atoms with Crippen molar-refractivity contribution in [2.75, 3.05) is 0 Å². The van der Waals surface area contributed by atoms with Gasteiger partial charge in [0.25, 0.3) is 11.4 Å². The van der Waals surface area contributed by atoms with Gasteiger partial charge in [-0.3, -0.25) is 0 Å². The third-order valence-corrected chi connectivity index (χ3v) is 12.5. The summed E-state index contributed by atoms with van der Waals surface area (Å²) >= 11 is 3.50. The van der Waals surface area contributed by atoms with Gasteiger partial charge in [0.1, 0.15) is 0 Å². The van der Waals surface area contributed by atoms with Crippen LogP contribution < -0.4 is 10.4 Å². The van der Waals surface area contributed by atoms with Crippen molar-refractivity contribution in [3.05, 3.63) is 67.3 Å². The highest BCUT2D eigenvalue weighted by Crippen LogP contribution is 2.37. The van der Waals surface area contributed by atoms with Gasteiger partial charge in [0, 0.05) is 40.4 Å². The van der Waals surface area contributed by atoms with Gasteiger partial charge >= 0.3 is 0 Å². The van der Waals surface area contributed by atoms with Gasteiger partial charge in [-0.25, -0.2) is 20.2 Å². The lowest BCUT2D eigenvalue weighted by Crippen LogP contribution is -2.08. The van der Waals surface area contributed by atoms with E-state index in [2.05, 4.69) is 47.8 Å². The van der Waals surface area contributed by atoms with Crippen molar-refractivity contribution in [1.29, 1.82) is 10.5 Å². The normalized spacial score (nSPS) is 12.5. The Hall–Kier alpha value is -3.68. The second kappa shape index (κ2) is 21.5. The molecule has 0 fully saturated rings. The molecule has 2 aromatic heterocycles. The molecule has 0 saturated carbocycles. The Labute approximate surface area is 308 Å². The van der Waals surface area contributed by atoms with Crippen LogP contribution in [0.2, 0.25) is 0 Å². The highest BCUT2D eigenvalue weighted by atomic mass is 32.1. The number of thiophene rings is 2. The predicted molar refractivity (Wildman–Crippen MR) is 216 cm³/mol. The molecule has 50 heavy (non-hydrogen) atoms. The molecule has 2 aromatic carbocycles. The summed E-state index contributed by atoms with van der Waals surface area (Å²) in [6, 6.07) is 12.8. The van der Waals surface area contributed by atoms with Crippen LogP contribution in [0, 0.1) is 35.8 Å². The lowest BCUT2D eigenvalue weighted by Gasteiger charge is -2.05. The molecular weight excluding hydrogens is 649 g/mol. The first kappa shape index (κ1) is 39.1. The van der Waals surface area contributed by atoms with Crippen LogP contribution in [0.3, 0.4) is 0 Å². The standard InChI is InChI=1S/C44H54N4S2/c1-5-7-9-11-13-15-17-19-21-23-25-33-27-37-35(41(31-45)47-3)29-40-39(43(37)49-33)30-36(42(32-46)48-4)38-28-34(50-44(38)40)26-24-22-20-18-16-14-12-10-8-6-2/h27-30H,5-26H2,1-2H3/b41-35-,42-36+. The van der Waals surface area contributed by atoms with E-state index in [0.717, 1.165) is 56.6 Å². The van der Waals surface area contributed by atoms with E-state index in [4.69, 9.17) is 13.1 Å². The molecule has 0 aliphatic carbocycles. The summed E-state index contributed by atoms with van der Waals surface area (Å²) in [4.78, 5) is 9.82. The Morgan fingerprint density at radius 3 is 1.12 bits per heavy atom. The van der Waals surface area contributed by atoms with Crippen molar-refractivity contribution in [2.45, 2.75) is 155 Å². The zero-order chi connectivity index (χ0) is 35.6. The van der Waals surface area contributed by atoms with Crippen LogP contribution in [0.25, 0.3) is 52.0 Å². The molecule has 0 atom stereocenters. The molecule has 4 nitrogen and oxygen atoms in total. The maximum Gasteiger partial charge on any atom is 0.269 e. The molecule has 262 valence electrons. The van der Waals surface area contributed by atoms with Gasteiger partial charge < -0.3 is 0 Å². The first-order chi connectivity index (χ1) is 24.6. The lowest BCUT2D eigenvalue weighted by molar-refractivity contribution is 0.557. The second-order valence-electron chi connectivity index (χ2n) is 13.9. The monoisotopic (exact) mass is 702 g/mol. The zero-order valence-electron chi connectivity index (χ0n) is 30.5. The number of benzene rings is 2. The maximum absolute atomic E-state index is 9.98. The number of nitriles is 2. The number of hydrogen-bond acceptors (Lipinski definition) is 4. The summed E-state index contributed by atoms with van der Waals surface area (Å²) < 4.78 is 2.09. The number of hydrogen-bond donors (Lipinski definition) is 0. The third kappa shape index (κ3) is 10.7. The summed E-state index contributed by atoms with van der Waals surface area (Å²) in [7, 11) is 0. The minimum atomic E-state index is 0.116. The number of nitrogens with zero attached hydrogens (tertiary/aromatic N) is 4. The molecule has 0 bridgehead atoms. The maximum atomic E-state index is 9.98. The molecule has 0 amide bonds. The van der Waals surface area contributed by atoms with Gasteiger partial charge in [0.05, 0.1) is 25.3 Å². The third-order valence-electron chi connectivity index (χ3n) is 10.0. The summed E-state index contributed by atoms with van der Waals surface area (Å²) in [6.45, 7) is 20.1. The van der Waals surface area contributed by atoms with Gasteiger partial charge in [-0.2, -0.15) is 0 Å². The molecule has 0 aliphatic heterocycles. The van der Waals surface area contributed by atoms with E-state index in [0.29, 0.717) is 10.4 Å². The number of unbranched alkanes of at least 4 members (excludes halogenated alkanes) is 18. The zero-order valence-corrected chi connectivity index (χ0v) is 32.1. The second-order valence-corrected chi connectivity index (χ2v) is 16.1. The summed E-state index contributed by atoms with van der Waals surface area (Å²) in [5.74, 6) is 0. The highest BCUT2D eigenvalue weighted by molar-refractivity contribution is 7.21. The summed E-state index contributed by atoms with van der Waals surface area (Å²) in [5.41, 5.74) is 0.231. The van der Waals surface area contributed by atoms with Crippen molar-refractivity contribution in [3.8, 4) is 12.1 Å². The Morgan fingerprint density at radius 2 is 0.820 bits per heavy atom. The Balaban J connectivity index is 1.60. The minimum absolute atomic E-state index is 0.116. The predicted octanol–water partition coefficient (Wildman–Crippen LogP) is 13.3. The van der Waals surface area contributed by atoms with Gasteiger partial charge in [-0.05, 0) is 48.6 Å². The van der Waals surface area contributed by atoms with Crippen molar-refractivity contribution in [1.82, 2.24) is 0 Å². The van der Waals surface area contributed by atoms with Gasteiger partial charge in [-0.1, -0.05) is 142 Å². The molecule has 6 heteroatoms. The number of fused-ring (bicyclic) bond motifs is 5. The molecule has 0 saturated heterocycles. The average molecular weight is 703 g/mol. The highest BCUT2D eigenvalue weighted by Gasteiger charge is 2.16. The van der Waals surface area contributed by atoms with E-state index in [-0.39, 0.29) is 11.4 Å². The van der Waals surface area contributed by atoms with E-state index in [9.17, 15) is 10.5 Å². The van der Waals surface area contributed by atoms with Crippen LogP contribution in [0.1, 0.15) is 152 Å². The van der Waals surface area contributed by atoms with Crippen molar-refractivity contribution >= 4 is 65.0 Å². The first-order valence-electron chi connectivity index (χ1n) is 19.3. The van der Waals surface area contributed by atoms with Crippen molar-refractivity contribution in [3.63, 3.8) is 0 Å². The van der Waals surface area contributed by atoms with Crippen LogP contribution in [0.15, 0.2) is 24.3 Å². The molecule has 0 spiro atoms. The molecule has 0 aliphatic rings. The summed E-state index contributed by atoms with van der Waals surface area (Å²) in [5, 5.41) is 25.2. The Morgan fingerprint density at radius 1 is 0.500 bits per heavy atom. The first-order valence-corrected chi connectivity index (χ1v) is 21.0. The van der Waals surface area contributed by atoms with Crippen LogP contribution in [-0.2, 0) is 12.8 Å². The molecule has 0 N–H and O–H groups in total. The quantitative estimate of drug-likeness (QED) is 0.0604. The molecule has 0 unspecified atom stereocenters. The largest absolute Gasteiger partial charge is 0.269 e. The fourth-order valence-corrected chi connectivity index (χ4v) is 9.65. The Bertz CT molecular complexity index is 1820. The van der Waals surface area contributed by atoms with E-state index < -0.39 is 0 Å². The van der Waals surface area contributed by atoms with E-state index in [1.807, 2.05) is 12.1 Å². The average Bonchev–Trinajstić information content (AvgIpc) is 3.76. The molecule has 2 heterocycles. The SMILES string of the molecule is [C-]#[N+]/C(C#N)=c1/cc2c(c/c(=C(/C#N)[N+]#[C-])c3cc(CCCCCCCCCCCC)sc32)c2sc(CCCCCCCCCCCC)cc12. The van der Waals surface area contributed by atoms with Gasteiger partial charge in [0.2, 0.25) is 0 Å². The lowest BCUT2D eigenvalue weighted by atomic mass is 10.0. The van der Waals surface area contributed by atoms with Crippen molar-refractivity contribution in [2.24, 2.45) is 0 Å². The van der Waals surface area contributed by atoms with Crippen LogP contribution in [0.4, 0.5) is 0 Å². The number of rotatable bonds is 22. The van der Waals surface area contributed by atoms with Crippen LogP contribution in [-0.4, -0.2) is 0 Å². The van der Waals surface area contributed by atoms with Crippen LogP contribution >= 0.6 is 22.7 Å². The van der Waals surface area contributed by atoms with Crippen LogP contribution in [0.5, 0.6) is 0 Å². The summed E-state index contributed by atoms with van der Waals surface area (Å²) in [6.07, 6.45) is 27.9. The van der Waals surface area contributed by atoms with Gasteiger partial charge in [0.15, 0.2) is 0 Å². The van der Waals surface area contributed by atoms with E-state index in [1.54, 1.807) is 22.7 Å². The number of aryl methyl sites for hydroxylation is 2. The smallest absolute Gasteiger partial charge is 0.226 e. The van der Waals surface area contributed by atoms with E-state index >= 15 is 0 Å². The molecule has 0 radical (unpaired) electrons.